The monoisotopic (exact) mass is 202 g/mol. The molecule has 0 atom stereocenters. The van der Waals surface area contributed by atoms with E-state index in [-0.39, 0.29) is 6.61 Å². The van der Waals surface area contributed by atoms with Gasteiger partial charge < -0.3 is 9.67 Å². The lowest BCUT2D eigenvalue weighted by molar-refractivity contribution is 0.271. The van der Waals surface area contributed by atoms with Gasteiger partial charge in [-0.25, -0.2) is 0 Å². The van der Waals surface area contributed by atoms with Crippen LogP contribution in [0.1, 0.15) is 17.1 Å². The SMILES string of the molecule is Cc1cccc(Cn2cccc2CO)n1. The van der Waals surface area contributed by atoms with Crippen LogP contribution in [0.25, 0.3) is 0 Å². The zero-order chi connectivity index (χ0) is 10.7. The second-order valence-corrected chi connectivity index (χ2v) is 3.56. The van der Waals surface area contributed by atoms with Crippen molar-refractivity contribution in [1.29, 1.82) is 0 Å². The Hall–Kier alpha value is -1.61. The molecule has 3 nitrogen and oxygen atoms in total. The molecule has 0 saturated heterocycles. The number of hydrogen-bond acceptors (Lipinski definition) is 2. The summed E-state index contributed by atoms with van der Waals surface area (Å²) < 4.78 is 2.00. The summed E-state index contributed by atoms with van der Waals surface area (Å²) in [6, 6.07) is 9.82. The lowest BCUT2D eigenvalue weighted by Gasteiger charge is -2.07. The summed E-state index contributed by atoms with van der Waals surface area (Å²) in [5.74, 6) is 0. The van der Waals surface area contributed by atoms with Gasteiger partial charge in [-0.2, -0.15) is 0 Å². The summed E-state index contributed by atoms with van der Waals surface area (Å²) in [4.78, 5) is 4.42. The fourth-order valence-electron chi connectivity index (χ4n) is 1.61. The molecule has 2 heterocycles. The highest BCUT2D eigenvalue weighted by atomic mass is 16.3. The molecule has 1 N–H and O–H groups in total. The van der Waals surface area contributed by atoms with E-state index in [9.17, 15) is 0 Å². The van der Waals surface area contributed by atoms with E-state index in [1.807, 2.05) is 48.0 Å². The fourth-order valence-corrected chi connectivity index (χ4v) is 1.61. The molecule has 2 aromatic rings. The van der Waals surface area contributed by atoms with Crippen LogP contribution in [0.4, 0.5) is 0 Å². The molecule has 0 saturated carbocycles. The molecule has 0 aliphatic carbocycles. The number of aliphatic hydroxyl groups is 1. The molecular weight excluding hydrogens is 188 g/mol. The number of rotatable bonds is 3. The topological polar surface area (TPSA) is 38.0 Å². The van der Waals surface area contributed by atoms with Crippen molar-refractivity contribution in [3.05, 3.63) is 53.6 Å². The van der Waals surface area contributed by atoms with Crippen LogP contribution < -0.4 is 0 Å². The molecule has 0 aromatic carbocycles. The van der Waals surface area contributed by atoms with E-state index in [0.29, 0.717) is 6.54 Å². The summed E-state index contributed by atoms with van der Waals surface area (Å²) >= 11 is 0. The Labute approximate surface area is 89.0 Å². The maximum absolute atomic E-state index is 9.10. The van der Waals surface area contributed by atoms with E-state index in [1.54, 1.807) is 0 Å². The predicted octanol–water partition coefficient (Wildman–Crippen LogP) is 1.73. The molecule has 0 amide bonds. The van der Waals surface area contributed by atoms with Gasteiger partial charge in [-0.15, -0.1) is 0 Å². The molecular formula is C12H14N2O. The largest absolute Gasteiger partial charge is 0.390 e. The van der Waals surface area contributed by atoms with Crippen molar-refractivity contribution in [3.8, 4) is 0 Å². The Balaban J connectivity index is 2.22. The quantitative estimate of drug-likeness (QED) is 0.823. The lowest BCUT2D eigenvalue weighted by Crippen LogP contribution is -2.04. The van der Waals surface area contributed by atoms with Crippen molar-refractivity contribution >= 4 is 0 Å². The van der Waals surface area contributed by atoms with Crippen LogP contribution >= 0.6 is 0 Å². The van der Waals surface area contributed by atoms with Crippen LogP contribution in [0.3, 0.4) is 0 Å². The third-order valence-electron chi connectivity index (χ3n) is 2.36. The maximum atomic E-state index is 9.10. The van der Waals surface area contributed by atoms with Gasteiger partial charge in [0.1, 0.15) is 0 Å². The third-order valence-corrected chi connectivity index (χ3v) is 2.36. The summed E-state index contributed by atoms with van der Waals surface area (Å²) in [6.07, 6.45) is 1.95. The number of aromatic nitrogens is 2. The predicted molar refractivity (Wildman–Crippen MR) is 58.4 cm³/mol. The summed E-state index contributed by atoms with van der Waals surface area (Å²) in [7, 11) is 0. The minimum absolute atomic E-state index is 0.0683. The first kappa shape index (κ1) is 9.93. The Morgan fingerprint density at radius 3 is 2.87 bits per heavy atom. The van der Waals surface area contributed by atoms with Crippen LogP contribution in [0.2, 0.25) is 0 Å². The van der Waals surface area contributed by atoms with Gasteiger partial charge in [-0.3, -0.25) is 4.98 Å². The summed E-state index contributed by atoms with van der Waals surface area (Å²) in [6.45, 7) is 2.76. The fraction of sp³-hybridized carbons (Fsp3) is 0.250. The van der Waals surface area contributed by atoms with Crippen molar-refractivity contribution in [1.82, 2.24) is 9.55 Å². The van der Waals surface area contributed by atoms with Gasteiger partial charge >= 0.3 is 0 Å². The minimum atomic E-state index is 0.0683. The van der Waals surface area contributed by atoms with Crippen molar-refractivity contribution in [2.45, 2.75) is 20.1 Å². The average molecular weight is 202 g/mol. The molecule has 2 aromatic heterocycles. The Kier molecular flexibility index (Phi) is 2.83. The molecule has 0 fully saturated rings. The summed E-state index contributed by atoms with van der Waals surface area (Å²) in [5.41, 5.74) is 2.95. The van der Waals surface area contributed by atoms with Crippen LogP contribution in [-0.2, 0) is 13.2 Å². The second kappa shape index (κ2) is 4.28. The Bertz CT molecular complexity index is 448. The molecule has 3 heteroatoms. The van der Waals surface area contributed by atoms with Crippen molar-refractivity contribution < 1.29 is 5.11 Å². The highest BCUT2D eigenvalue weighted by Gasteiger charge is 2.01. The Morgan fingerprint density at radius 1 is 1.27 bits per heavy atom. The van der Waals surface area contributed by atoms with Gasteiger partial charge in [-0.05, 0) is 31.2 Å². The molecule has 2 rings (SSSR count). The highest BCUT2D eigenvalue weighted by Crippen LogP contribution is 2.06. The van der Waals surface area contributed by atoms with Crippen LogP contribution in [-0.4, -0.2) is 14.7 Å². The maximum Gasteiger partial charge on any atom is 0.0832 e. The standard InChI is InChI=1S/C12H14N2O/c1-10-4-2-5-11(13-10)8-14-7-3-6-12(14)9-15/h2-7,15H,8-9H2,1H3. The van der Waals surface area contributed by atoms with Crippen molar-refractivity contribution in [2.24, 2.45) is 0 Å². The zero-order valence-corrected chi connectivity index (χ0v) is 8.72. The average Bonchev–Trinajstić information content (AvgIpc) is 2.65. The van der Waals surface area contributed by atoms with Crippen LogP contribution in [0.5, 0.6) is 0 Å². The Morgan fingerprint density at radius 2 is 2.13 bits per heavy atom. The molecule has 15 heavy (non-hydrogen) atoms. The van der Waals surface area contributed by atoms with Gasteiger partial charge in [0.15, 0.2) is 0 Å². The number of aliphatic hydroxyl groups excluding tert-OH is 1. The van der Waals surface area contributed by atoms with Crippen LogP contribution in [0.15, 0.2) is 36.5 Å². The van der Waals surface area contributed by atoms with Gasteiger partial charge in [0, 0.05) is 17.6 Å². The molecule has 0 aliphatic rings. The first-order chi connectivity index (χ1) is 7.29. The first-order valence-electron chi connectivity index (χ1n) is 4.97. The van der Waals surface area contributed by atoms with E-state index in [4.69, 9.17) is 5.11 Å². The molecule has 0 spiro atoms. The normalized spacial score (nSPS) is 10.5. The van der Waals surface area contributed by atoms with E-state index in [0.717, 1.165) is 17.1 Å². The molecule has 0 bridgehead atoms. The minimum Gasteiger partial charge on any atom is -0.390 e. The second-order valence-electron chi connectivity index (χ2n) is 3.56. The van der Waals surface area contributed by atoms with E-state index < -0.39 is 0 Å². The van der Waals surface area contributed by atoms with Gasteiger partial charge in [0.2, 0.25) is 0 Å². The van der Waals surface area contributed by atoms with Gasteiger partial charge in [-0.1, -0.05) is 6.07 Å². The van der Waals surface area contributed by atoms with E-state index >= 15 is 0 Å². The van der Waals surface area contributed by atoms with Gasteiger partial charge in [0.05, 0.1) is 18.8 Å². The summed E-state index contributed by atoms with van der Waals surface area (Å²) in [5, 5.41) is 9.10. The van der Waals surface area contributed by atoms with E-state index in [1.165, 1.54) is 0 Å². The van der Waals surface area contributed by atoms with Crippen LogP contribution in [0, 0.1) is 6.92 Å². The molecule has 0 radical (unpaired) electrons. The molecule has 78 valence electrons. The molecule has 0 unspecified atom stereocenters. The third kappa shape index (κ3) is 2.25. The van der Waals surface area contributed by atoms with Crippen molar-refractivity contribution in [3.63, 3.8) is 0 Å². The zero-order valence-electron chi connectivity index (χ0n) is 8.72. The van der Waals surface area contributed by atoms with Crippen molar-refractivity contribution in [2.75, 3.05) is 0 Å². The lowest BCUT2D eigenvalue weighted by atomic mass is 10.3. The first-order valence-corrected chi connectivity index (χ1v) is 4.97. The number of nitrogens with zero attached hydrogens (tertiary/aromatic N) is 2. The number of aryl methyl sites for hydroxylation is 1. The number of hydrogen-bond donors (Lipinski definition) is 1. The smallest absolute Gasteiger partial charge is 0.0832 e. The highest BCUT2D eigenvalue weighted by molar-refractivity contribution is 5.13. The molecule has 0 aliphatic heterocycles. The number of pyridine rings is 1. The van der Waals surface area contributed by atoms with E-state index in [2.05, 4.69) is 4.98 Å². The van der Waals surface area contributed by atoms with Gasteiger partial charge in [0.25, 0.3) is 0 Å².